The van der Waals surface area contributed by atoms with Gasteiger partial charge < -0.3 is 10.1 Å². The number of amides is 1. The van der Waals surface area contributed by atoms with Crippen molar-refractivity contribution in [3.05, 3.63) is 42.0 Å². The fourth-order valence-electron chi connectivity index (χ4n) is 2.50. The second-order valence-electron chi connectivity index (χ2n) is 5.59. The summed E-state index contributed by atoms with van der Waals surface area (Å²) in [7, 11) is 0. The molecule has 0 saturated heterocycles. The van der Waals surface area contributed by atoms with Gasteiger partial charge in [0.2, 0.25) is 5.91 Å². The van der Waals surface area contributed by atoms with Crippen molar-refractivity contribution in [3.8, 4) is 5.75 Å². The molecule has 0 aliphatic carbocycles. The van der Waals surface area contributed by atoms with Gasteiger partial charge in [-0.3, -0.25) is 4.79 Å². The van der Waals surface area contributed by atoms with Crippen molar-refractivity contribution in [2.24, 2.45) is 0 Å². The zero-order valence-corrected chi connectivity index (χ0v) is 13.5. The standard InChI is InChI=1S/C19H25NO2/c1-3-4-13-22-18-11-10-17-8-5-7-16(19(17)14-18)9-6-12-20-15(2)21/h5,7-8,10-11,14H,3-4,6,9,12-13H2,1-2H3,(H,20,21). The van der Waals surface area contributed by atoms with Crippen molar-refractivity contribution >= 4 is 16.7 Å². The number of unbranched alkanes of at least 4 members (excludes halogenated alkanes) is 1. The molecule has 0 heterocycles. The minimum absolute atomic E-state index is 0.0320. The van der Waals surface area contributed by atoms with Crippen LogP contribution in [0, 0.1) is 0 Å². The first-order valence-corrected chi connectivity index (χ1v) is 8.09. The van der Waals surface area contributed by atoms with Crippen molar-refractivity contribution in [2.75, 3.05) is 13.2 Å². The molecule has 1 amide bonds. The minimum atomic E-state index is 0.0320. The van der Waals surface area contributed by atoms with Gasteiger partial charge in [0.15, 0.2) is 0 Å². The zero-order valence-electron chi connectivity index (χ0n) is 13.5. The number of rotatable bonds is 8. The van der Waals surface area contributed by atoms with Gasteiger partial charge in [-0.15, -0.1) is 0 Å². The molecule has 0 fully saturated rings. The Morgan fingerprint density at radius 1 is 1.18 bits per heavy atom. The van der Waals surface area contributed by atoms with E-state index >= 15 is 0 Å². The number of hydrogen-bond acceptors (Lipinski definition) is 2. The highest BCUT2D eigenvalue weighted by Crippen LogP contribution is 2.25. The van der Waals surface area contributed by atoms with Crippen LogP contribution in [0.4, 0.5) is 0 Å². The van der Waals surface area contributed by atoms with E-state index in [1.165, 1.54) is 16.3 Å². The first kappa shape index (κ1) is 16.3. The molecule has 118 valence electrons. The van der Waals surface area contributed by atoms with Gasteiger partial charge in [-0.2, -0.15) is 0 Å². The van der Waals surface area contributed by atoms with Crippen LogP contribution in [0.15, 0.2) is 36.4 Å². The molecule has 0 unspecified atom stereocenters. The summed E-state index contributed by atoms with van der Waals surface area (Å²) in [5.74, 6) is 0.972. The molecule has 0 saturated carbocycles. The third-order valence-corrected chi connectivity index (χ3v) is 3.71. The number of nitrogens with one attached hydrogen (secondary N) is 1. The molecule has 1 N–H and O–H groups in total. The lowest BCUT2D eigenvalue weighted by Gasteiger charge is -2.10. The lowest BCUT2D eigenvalue weighted by Crippen LogP contribution is -2.21. The Morgan fingerprint density at radius 3 is 2.82 bits per heavy atom. The molecule has 2 aromatic rings. The van der Waals surface area contributed by atoms with Gasteiger partial charge in [-0.1, -0.05) is 37.6 Å². The Kier molecular flexibility index (Phi) is 6.26. The summed E-state index contributed by atoms with van der Waals surface area (Å²) in [5.41, 5.74) is 1.31. The van der Waals surface area contributed by atoms with E-state index in [2.05, 4.69) is 42.6 Å². The molecule has 2 aromatic carbocycles. The van der Waals surface area contributed by atoms with Gasteiger partial charge in [-0.25, -0.2) is 0 Å². The van der Waals surface area contributed by atoms with Crippen LogP contribution in [-0.2, 0) is 11.2 Å². The molecular formula is C19H25NO2. The smallest absolute Gasteiger partial charge is 0.216 e. The molecule has 3 nitrogen and oxygen atoms in total. The Labute approximate surface area is 132 Å². The van der Waals surface area contributed by atoms with Crippen LogP contribution in [0.25, 0.3) is 10.8 Å². The summed E-state index contributed by atoms with van der Waals surface area (Å²) in [4.78, 5) is 10.9. The van der Waals surface area contributed by atoms with Crippen LogP contribution >= 0.6 is 0 Å². The first-order chi connectivity index (χ1) is 10.7. The molecule has 2 rings (SSSR count). The van der Waals surface area contributed by atoms with Crippen molar-refractivity contribution < 1.29 is 9.53 Å². The highest BCUT2D eigenvalue weighted by Gasteiger charge is 2.03. The van der Waals surface area contributed by atoms with Gasteiger partial charge in [0.1, 0.15) is 5.75 Å². The maximum absolute atomic E-state index is 10.9. The molecule has 0 spiro atoms. The zero-order chi connectivity index (χ0) is 15.8. The summed E-state index contributed by atoms with van der Waals surface area (Å²) in [6.45, 7) is 5.21. The average Bonchev–Trinajstić information content (AvgIpc) is 2.52. The normalized spacial score (nSPS) is 10.6. The van der Waals surface area contributed by atoms with E-state index in [-0.39, 0.29) is 5.91 Å². The van der Waals surface area contributed by atoms with E-state index in [1.54, 1.807) is 6.92 Å². The summed E-state index contributed by atoms with van der Waals surface area (Å²) in [6, 6.07) is 12.7. The van der Waals surface area contributed by atoms with Crippen LogP contribution in [0.1, 0.15) is 38.7 Å². The van der Waals surface area contributed by atoms with E-state index in [4.69, 9.17) is 4.74 Å². The SMILES string of the molecule is CCCCOc1ccc2cccc(CCCNC(C)=O)c2c1. The minimum Gasteiger partial charge on any atom is -0.494 e. The number of carbonyl (C=O) groups is 1. The fraction of sp³-hybridized carbons (Fsp3) is 0.421. The Hall–Kier alpha value is -2.03. The Bertz CT molecular complexity index is 622. The van der Waals surface area contributed by atoms with E-state index in [0.29, 0.717) is 0 Å². The summed E-state index contributed by atoms with van der Waals surface area (Å²) in [6.07, 6.45) is 4.12. The maximum atomic E-state index is 10.9. The van der Waals surface area contributed by atoms with Crippen molar-refractivity contribution in [2.45, 2.75) is 39.5 Å². The molecule has 3 heteroatoms. The van der Waals surface area contributed by atoms with Crippen molar-refractivity contribution in [3.63, 3.8) is 0 Å². The first-order valence-electron chi connectivity index (χ1n) is 8.09. The summed E-state index contributed by atoms with van der Waals surface area (Å²) in [5, 5.41) is 5.33. The highest BCUT2D eigenvalue weighted by molar-refractivity contribution is 5.87. The van der Waals surface area contributed by atoms with Gasteiger partial charge in [0.05, 0.1) is 6.61 Å². The molecule has 0 aliphatic heterocycles. The maximum Gasteiger partial charge on any atom is 0.216 e. The van der Waals surface area contributed by atoms with E-state index in [9.17, 15) is 4.79 Å². The van der Waals surface area contributed by atoms with Crippen LogP contribution in [0.3, 0.4) is 0 Å². The second kappa shape index (κ2) is 8.42. The van der Waals surface area contributed by atoms with Gasteiger partial charge in [-0.05, 0) is 47.7 Å². The van der Waals surface area contributed by atoms with Crippen molar-refractivity contribution in [1.82, 2.24) is 5.32 Å². The predicted octanol–water partition coefficient (Wildman–Crippen LogP) is 4.09. The van der Waals surface area contributed by atoms with Gasteiger partial charge >= 0.3 is 0 Å². The Morgan fingerprint density at radius 2 is 2.05 bits per heavy atom. The lowest BCUT2D eigenvalue weighted by molar-refractivity contribution is -0.118. The molecule has 0 aliphatic rings. The number of aryl methyl sites for hydroxylation is 1. The molecule has 0 bridgehead atoms. The second-order valence-corrected chi connectivity index (χ2v) is 5.59. The van der Waals surface area contributed by atoms with Gasteiger partial charge in [0.25, 0.3) is 0 Å². The average molecular weight is 299 g/mol. The largest absolute Gasteiger partial charge is 0.494 e. The van der Waals surface area contributed by atoms with Crippen LogP contribution in [-0.4, -0.2) is 19.1 Å². The lowest BCUT2D eigenvalue weighted by atomic mass is 10.0. The van der Waals surface area contributed by atoms with Crippen LogP contribution < -0.4 is 10.1 Å². The fourth-order valence-corrected chi connectivity index (χ4v) is 2.50. The molecular weight excluding hydrogens is 274 g/mol. The monoisotopic (exact) mass is 299 g/mol. The number of ether oxygens (including phenoxy) is 1. The third-order valence-electron chi connectivity index (χ3n) is 3.71. The van der Waals surface area contributed by atoms with Crippen LogP contribution in [0.5, 0.6) is 5.75 Å². The predicted molar refractivity (Wildman–Crippen MR) is 91.4 cm³/mol. The number of hydrogen-bond donors (Lipinski definition) is 1. The molecule has 0 aromatic heterocycles. The van der Waals surface area contributed by atoms with E-state index < -0.39 is 0 Å². The van der Waals surface area contributed by atoms with E-state index in [0.717, 1.165) is 44.6 Å². The van der Waals surface area contributed by atoms with Crippen LogP contribution in [0.2, 0.25) is 0 Å². The quantitative estimate of drug-likeness (QED) is 0.746. The topological polar surface area (TPSA) is 38.3 Å². The Balaban J connectivity index is 2.08. The van der Waals surface area contributed by atoms with Gasteiger partial charge in [0, 0.05) is 13.5 Å². The highest BCUT2D eigenvalue weighted by atomic mass is 16.5. The number of carbonyl (C=O) groups excluding carboxylic acids is 1. The summed E-state index contributed by atoms with van der Waals surface area (Å²) < 4.78 is 5.81. The molecule has 0 radical (unpaired) electrons. The molecule has 0 atom stereocenters. The number of fused-ring (bicyclic) bond motifs is 1. The van der Waals surface area contributed by atoms with E-state index in [1.807, 2.05) is 6.07 Å². The van der Waals surface area contributed by atoms with Crippen molar-refractivity contribution in [1.29, 1.82) is 0 Å². The summed E-state index contributed by atoms with van der Waals surface area (Å²) >= 11 is 0. The number of benzene rings is 2. The third kappa shape index (κ3) is 4.76. The molecule has 22 heavy (non-hydrogen) atoms.